The Bertz CT molecular complexity index is 843. The van der Waals surface area contributed by atoms with Crippen LogP contribution >= 0.6 is 11.8 Å². The minimum absolute atomic E-state index is 0.502. The highest BCUT2D eigenvalue weighted by Crippen LogP contribution is 2.20. The summed E-state index contributed by atoms with van der Waals surface area (Å²) in [5.41, 5.74) is 1.32. The third-order valence-corrected chi connectivity index (χ3v) is 8.49. The molecule has 2 aromatic rings. The molecule has 2 saturated heterocycles. The number of hydrogen-bond donors (Lipinski definition) is 0. The predicted octanol–water partition coefficient (Wildman–Crippen LogP) is 1.96. The molecule has 4 rings (SSSR count). The Morgan fingerprint density at radius 1 is 1.00 bits per heavy atom. The highest BCUT2D eigenvalue weighted by molar-refractivity contribution is 7.99. The molecular weight excluding hydrogens is 428 g/mol. The smallest absolute Gasteiger partial charge is 0.227 e. The molecule has 2 aliphatic heterocycles. The van der Waals surface area contributed by atoms with Gasteiger partial charge in [0.15, 0.2) is 0 Å². The molecule has 0 spiro atoms. The van der Waals surface area contributed by atoms with Crippen LogP contribution in [0.25, 0.3) is 0 Å². The fourth-order valence-corrected chi connectivity index (χ4v) is 5.58. The van der Waals surface area contributed by atoms with Gasteiger partial charge in [0.1, 0.15) is 5.82 Å². The fourth-order valence-electron chi connectivity index (χ4n) is 4.23. The van der Waals surface area contributed by atoms with Crippen molar-refractivity contribution in [3.05, 3.63) is 36.2 Å². The lowest BCUT2D eigenvalue weighted by atomic mass is 10.2. The van der Waals surface area contributed by atoms with Crippen LogP contribution in [-0.2, 0) is 23.8 Å². The van der Waals surface area contributed by atoms with Gasteiger partial charge in [-0.2, -0.15) is 11.8 Å². The Balaban J connectivity index is 1.37. The van der Waals surface area contributed by atoms with Crippen molar-refractivity contribution in [1.82, 2.24) is 19.7 Å². The van der Waals surface area contributed by atoms with E-state index in [9.17, 15) is 4.21 Å². The molecule has 7 nitrogen and oxygen atoms in total. The van der Waals surface area contributed by atoms with Crippen molar-refractivity contribution in [3.63, 3.8) is 0 Å². The van der Waals surface area contributed by atoms with Gasteiger partial charge in [-0.25, -0.2) is 0 Å². The predicted molar refractivity (Wildman–Crippen MR) is 132 cm³/mol. The zero-order chi connectivity index (χ0) is 21.6. The highest BCUT2D eigenvalue weighted by Gasteiger charge is 2.24. The van der Waals surface area contributed by atoms with E-state index in [1.807, 2.05) is 11.8 Å². The number of hydrogen-bond acceptors (Lipinski definition) is 7. The first kappa shape index (κ1) is 22.6. The lowest BCUT2D eigenvalue weighted by Gasteiger charge is -2.36. The largest absolute Gasteiger partial charge is 0.369 e. The van der Waals surface area contributed by atoms with E-state index in [2.05, 4.69) is 73.0 Å². The minimum Gasteiger partial charge on any atom is -0.369 e. The number of rotatable bonds is 8. The van der Waals surface area contributed by atoms with Crippen molar-refractivity contribution < 1.29 is 4.21 Å². The Kier molecular flexibility index (Phi) is 7.90. The first-order valence-corrected chi connectivity index (χ1v) is 14.0. The lowest BCUT2D eigenvalue weighted by molar-refractivity contribution is 0.258. The number of benzene rings is 1. The number of aromatic nitrogens is 3. The first-order chi connectivity index (χ1) is 15.1. The van der Waals surface area contributed by atoms with Crippen LogP contribution in [0.1, 0.15) is 12.7 Å². The maximum absolute atomic E-state index is 11.8. The summed E-state index contributed by atoms with van der Waals surface area (Å²) in [5.74, 6) is 3.49. The van der Waals surface area contributed by atoms with Gasteiger partial charge in [0.25, 0.3) is 0 Å². The molecule has 31 heavy (non-hydrogen) atoms. The van der Waals surface area contributed by atoms with Gasteiger partial charge in [-0.3, -0.25) is 13.7 Å². The minimum atomic E-state index is -0.684. The van der Waals surface area contributed by atoms with E-state index < -0.39 is 10.8 Å². The molecule has 2 aliphatic rings. The lowest BCUT2D eigenvalue weighted by Crippen LogP contribution is -2.47. The normalized spacial score (nSPS) is 19.7. The average Bonchev–Trinajstić information content (AvgIpc) is 3.21. The quantitative estimate of drug-likeness (QED) is 0.594. The molecule has 0 aliphatic carbocycles. The monoisotopic (exact) mass is 462 g/mol. The molecular formula is C22H34N6OS2. The molecule has 1 aromatic heterocycles. The van der Waals surface area contributed by atoms with Crippen LogP contribution in [0, 0.1) is 0 Å². The number of anilines is 2. The van der Waals surface area contributed by atoms with Gasteiger partial charge in [-0.15, -0.1) is 10.2 Å². The highest BCUT2D eigenvalue weighted by atomic mass is 32.2. The van der Waals surface area contributed by atoms with Crippen molar-refractivity contribution in [3.8, 4) is 0 Å². The maximum atomic E-state index is 11.8. The van der Waals surface area contributed by atoms with Gasteiger partial charge in [0.05, 0.1) is 0 Å². The third kappa shape index (κ3) is 5.81. The maximum Gasteiger partial charge on any atom is 0.227 e. The van der Waals surface area contributed by atoms with E-state index in [1.165, 1.54) is 5.69 Å². The van der Waals surface area contributed by atoms with E-state index in [0.717, 1.165) is 82.1 Å². The van der Waals surface area contributed by atoms with Gasteiger partial charge in [-0.1, -0.05) is 25.1 Å². The summed E-state index contributed by atoms with van der Waals surface area (Å²) in [5, 5.41) is 9.67. The molecule has 3 heterocycles. The summed E-state index contributed by atoms with van der Waals surface area (Å²) in [6.07, 6.45) is 3.07. The van der Waals surface area contributed by atoms with Gasteiger partial charge in [0.2, 0.25) is 5.95 Å². The summed E-state index contributed by atoms with van der Waals surface area (Å²) in [6, 6.07) is 10.7. The Morgan fingerprint density at radius 3 is 2.39 bits per heavy atom. The van der Waals surface area contributed by atoms with Crippen LogP contribution in [0.2, 0.25) is 0 Å². The van der Waals surface area contributed by atoms with E-state index in [1.54, 1.807) is 0 Å². The van der Waals surface area contributed by atoms with Crippen LogP contribution in [0.3, 0.4) is 0 Å². The molecule has 170 valence electrons. The molecule has 0 bridgehead atoms. The van der Waals surface area contributed by atoms with Gasteiger partial charge in [-0.05, 0) is 18.4 Å². The summed E-state index contributed by atoms with van der Waals surface area (Å²) >= 11 is 1.87. The van der Waals surface area contributed by atoms with Crippen molar-refractivity contribution in [2.45, 2.75) is 25.1 Å². The zero-order valence-corrected chi connectivity index (χ0v) is 20.3. The first-order valence-electron chi connectivity index (χ1n) is 11.2. The molecule has 0 N–H and O–H groups in total. The van der Waals surface area contributed by atoms with E-state index in [-0.39, 0.29) is 0 Å². The summed E-state index contributed by atoms with van der Waals surface area (Å²) in [6.45, 7) is 10.1. The summed E-state index contributed by atoms with van der Waals surface area (Å²) in [7, 11) is -0.684. The molecule has 1 atom stereocenters. The molecule has 1 unspecified atom stereocenters. The SMILES string of the molecule is CSC(C)Cn1c(CCN2CCN(c3ccccc3)CC2)nnc1N1CCS(=O)CC1. The second-order valence-electron chi connectivity index (χ2n) is 8.32. The number of thioether (sulfide) groups is 1. The average molecular weight is 463 g/mol. The van der Waals surface area contributed by atoms with Crippen LogP contribution in [0.5, 0.6) is 0 Å². The Morgan fingerprint density at radius 2 is 1.71 bits per heavy atom. The topological polar surface area (TPSA) is 57.5 Å². The summed E-state index contributed by atoms with van der Waals surface area (Å²) in [4.78, 5) is 7.28. The molecule has 9 heteroatoms. The fraction of sp³-hybridized carbons (Fsp3) is 0.636. The van der Waals surface area contributed by atoms with Crippen LogP contribution in [0.4, 0.5) is 11.6 Å². The van der Waals surface area contributed by atoms with Gasteiger partial charge < -0.3 is 9.80 Å². The van der Waals surface area contributed by atoms with Crippen molar-refractivity contribution in [2.24, 2.45) is 0 Å². The number of para-hydroxylation sites is 1. The van der Waals surface area contributed by atoms with Crippen molar-refractivity contribution >= 4 is 34.2 Å². The number of nitrogens with zero attached hydrogens (tertiary/aromatic N) is 6. The summed E-state index contributed by atoms with van der Waals surface area (Å²) < 4.78 is 14.1. The second kappa shape index (κ2) is 10.8. The van der Waals surface area contributed by atoms with Gasteiger partial charge >= 0.3 is 0 Å². The van der Waals surface area contributed by atoms with E-state index in [4.69, 9.17) is 0 Å². The van der Waals surface area contributed by atoms with Crippen molar-refractivity contribution in [1.29, 1.82) is 0 Å². The Labute approximate surface area is 192 Å². The van der Waals surface area contributed by atoms with Crippen LogP contribution in [-0.4, -0.2) is 92.7 Å². The van der Waals surface area contributed by atoms with E-state index in [0.29, 0.717) is 5.25 Å². The van der Waals surface area contributed by atoms with Crippen LogP contribution < -0.4 is 9.80 Å². The van der Waals surface area contributed by atoms with Gasteiger partial charge in [0, 0.05) is 92.0 Å². The second-order valence-corrected chi connectivity index (χ2v) is 11.3. The zero-order valence-electron chi connectivity index (χ0n) is 18.7. The molecule has 2 fully saturated rings. The standard InChI is InChI=1S/C22H34N6OS2/c1-19(30-2)18-28-21(23-24-22(28)27-14-16-31(29)17-15-27)8-9-25-10-12-26(13-11-25)20-6-4-3-5-7-20/h3-7,19H,8-18H2,1-2H3. The van der Waals surface area contributed by atoms with Crippen molar-refractivity contribution in [2.75, 3.05) is 73.4 Å². The van der Waals surface area contributed by atoms with Crippen LogP contribution in [0.15, 0.2) is 30.3 Å². The molecule has 0 radical (unpaired) electrons. The number of piperazine rings is 1. The molecule has 0 amide bonds. The molecule has 1 aromatic carbocycles. The molecule has 0 saturated carbocycles. The Hall–Kier alpha value is -1.58. The third-order valence-electron chi connectivity index (χ3n) is 6.26. The van der Waals surface area contributed by atoms with E-state index >= 15 is 0 Å².